The number of hydrogen-bond acceptors (Lipinski definition) is 2. The quantitative estimate of drug-likeness (QED) is 0.535. The minimum Gasteiger partial charge on any atom is -0.488 e. The molecular weight excluding hydrogens is 379 g/mol. The SMILES string of the molecule is CC1=C(CC(=O)O)c2cc(F)ccc2/C1=C\c1ccccc1OCc1ccccc1. The number of hydrogen-bond donors (Lipinski definition) is 1. The maximum Gasteiger partial charge on any atom is 0.307 e. The Morgan fingerprint density at radius 3 is 2.50 bits per heavy atom. The normalized spacial score (nSPS) is 14.1. The zero-order chi connectivity index (χ0) is 21.1. The van der Waals surface area contributed by atoms with Gasteiger partial charge in [-0.3, -0.25) is 4.79 Å². The van der Waals surface area contributed by atoms with Gasteiger partial charge in [0.15, 0.2) is 0 Å². The van der Waals surface area contributed by atoms with E-state index >= 15 is 0 Å². The molecule has 3 aromatic rings. The topological polar surface area (TPSA) is 46.5 Å². The number of para-hydroxylation sites is 1. The first-order valence-corrected chi connectivity index (χ1v) is 9.72. The summed E-state index contributed by atoms with van der Waals surface area (Å²) < 4.78 is 19.9. The number of ether oxygens (including phenoxy) is 1. The van der Waals surface area contributed by atoms with Gasteiger partial charge in [-0.15, -0.1) is 0 Å². The van der Waals surface area contributed by atoms with Crippen molar-refractivity contribution in [1.82, 2.24) is 0 Å². The Labute approximate surface area is 174 Å². The van der Waals surface area contributed by atoms with Crippen LogP contribution >= 0.6 is 0 Å². The molecule has 0 aromatic heterocycles. The molecular formula is C26H21FO3. The number of benzene rings is 3. The van der Waals surface area contributed by atoms with Gasteiger partial charge in [-0.05, 0) is 64.6 Å². The monoisotopic (exact) mass is 400 g/mol. The molecule has 3 nitrogen and oxygen atoms in total. The Hall–Kier alpha value is -3.66. The highest BCUT2D eigenvalue weighted by Crippen LogP contribution is 2.44. The van der Waals surface area contributed by atoms with E-state index in [0.29, 0.717) is 17.7 Å². The third-order valence-corrected chi connectivity index (χ3v) is 5.24. The fraction of sp³-hybridized carbons (Fsp3) is 0.115. The molecule has 0 atom stereocenters. The van der Waals surface area contributed by atoms with Crippen molar-refractivity contribution in [2.24, 2.45) is 0 Å². The molecule has 1 aliphatic rings. The summed E-state index contributed by atoms with van der Waals surface area (Å²) in [6, 6.07) is 22.2. The van der Waals surface area contributed by atoms with Gasteiger partial charge in [-0.2, -0.15) is 0 Å². The predicted molar refractivity (Wildman–Crippen MR) is 116 cm³/mol. The van der Waals surface area contributed by atoms with Crippen LogP contribution in [0.1, 0.15) is 35.6 Å². The first kappa shape index (κ1) is 19.6. The van der Waals surface area contributed by atoms with Crippen molar-refractivity contribution in [2.75, 3.05) is 0 Å². The fourth-order valence-electron chi connectivity index (χ4n) is 3.75. The second-order valence-corrected chi connectivity index (χ2v) is 7.23. The van der Waals surface area contributed by atoms with Crippen LogP contribution in [0.4, 0.5) is 4.39 Å². The molecule has 1 N–H and O–H groups in total. The molecule has 0 fully saturated rings. The van der Waals surface area contributed by atoms with Gasteiger partial charge < -0.3 is 9.84 Å². The van der Waals surface area contributed by atoms with Gasteiger partial charge >= 0.3 is 5.97 Å². The molecule has 30 heavy (non-hydrogen) atoms. The van der Waals surface area contributed by atoms with E-state index in [4.69, 9.17) is 4.74 Å². The van der Waals surface area contributed by atoms with Crippen LogP contribution in [0, 0.1) is 5.82 Å². The van der Waals surface area contributed by atoms with Gasteiger partial charge in [0.1, 0.15) is 18.2 Å². The standard InChI is InChI=1S/C26H21FO3/c1-17-22(21-12-11-20(27)14-24(21)23(17)15-26(28)29)13-19-9-5-6-10-25(19)30-16-18-7-3-2-4-8-18/h2-14H,15-16H2,1H3,(H,28,29)/b22-13-. The molecule has 0 saturated carbocycles. The first-order valence-electron chi connectivity index (χ1n) is 9.72. The molecule has 0 bridgehead atoms. The maximum atomic E-state index is 13.9. The van der Waals surface area contributed by atoms with Crippen molar-refractivity contribution in [2.45, 2.75) is 20.0 Å². The Bertz CT molecular complexity index is 1160. The van der Waals surface area contributed by atoms with Gasteiger partial charge in [0.2, 0.25) is 0 Å². The van der Waals surface area contributed by atoms with Crippen molar-refractivity contribution in [3.05, 3.63) is 106 Å². The zero-order valence-electron chi connectivity index (χ0n) is 16.6. The number of halogens is 1. The number of rotatable bonds is 6. The Morgan fingerprint density at radius 2 is 1.73 bits per heavy atom. The lowest BCUT2D eigenvalue weighted by molar-refractivity contribution is -0.135. The number of fused-ring (bicyclic) bond motifs is 1. The number of carbonyl (C=O) groups is 1. The highest BCUT2D eigenvalue weighted by atomic mass is 19.1. The third-order valence-electron chi connectivity index (χ3n) is 5.24. The van der Waals surface area contributed by atoms with E-state index in [-0.39, 0.29) is 12.2 Å². The summed E-state index contributed by atoms with van der Waals surface area (Å²) in [5.41, 5.74) is 5.81. The number of carboxylic acids is 1. The summed E-state index contributed by atoms with van der Waals surface area (Å²) in [5.74, 6) is -0.582. The summed E-state index contributed by atoms with van der Waals surface area (Å²) in [6.07, 6.45) is 1.84. The van der Waals surface area contributed by atoms with Crippen LogP contribution in [0.15, 0.2) is 78.4 Å². The van der Waals surface area contributed by atoms with Gasteiger partial charge in [-0.25, -0.2) is 4.39 Å². The second-order valence-electron chi connectivity index (χ2n) is 7.23. The molecule has 4 rings (SSSR count). The molecule has 4 heteroatoms. The molecule has 0 unspecified atom stereocenters. The number of allylic oxidation sites excluding steroid dienone is 2. The average Bonchev–Trinajstić information content (AvgIpc) is 2.98. The molecule has 0 amide bonds. The zero-order valence-corrected chi connectivity index (χ0v) is 16.6. The van der Waals surface area contributed by atoms with Crippen LogP contribution in [0.3, 0.4) is 0 Å². The molecule has 0 aliphatic heterocycles. The van der Waals surface area contributed by atoms with Crippen LogP contribution in [-0.4, -0.2) is 11.1 Å². The van der Waals surface area contributed by atoms with E-state index in [0.717, 1.165) is 33.6 Å². The van der Waals surface area contributed by atoms with Crippen LogP contribution in [-0.2, 0) is 11.4 Å². The maximum absolute atomic E-state index is 13.9. The van der Waals surface area contributed by atoms with Gasteiger partial charge in [0, 0.05) is 5.56 Å². The van der Waals surface area contributed by atoms with E-state index in [1.807, 2.05) is 67.6 Å². The van der Waals surface area contributed by atoms with Crippen LogP contribution in [0.2, 0.25) is 0 Å². The molecule has 3 aromatic carbocycles. The lowest BCUT2D eigenvalue weighted by Crippen LogP contribution is -1.97. The summed E-state index contributed by atoms with van der Waals surface area (Å²) in [4.78, 5) is 11.4. The van der Waals surface area contributed by atoms with E-state index in [2.05, 4.69) is 0 Å². The highest BCUT2D eigenvalue weighted by molar-refractivity contribution is 6.07. The molecule has 1 aliphatic carbocycles. The summed E-state index contributed by atoms with van der Waals surface area (Å²) in [7, 11) is 0. The molecule has 0 radical (unpaired) electrons. The Kier molecular flexibility index (Phi) is 5.48. The molecule has 0 spiro atoms. The van der Waals surface area contributed by atoms with E-state index < -0.39 is 5.97 Å². The van der Waals surface area contributed by atoms with Gasteiger partial charge in [0.25, 0.3) is 0 Å². The Morgan fingerprint density at radius 1 is 1.00 bits per heavy atom. The molecule has 0 heterocycles. The average molecular weight is 400 g/mol. The first-order chi connectivity index (χ1) is 14.5. The number of aliphatic carboxylic acids is 1. The van der Waals surface area contributed by atoms with E-state index in [1.165, 1.54) is 12.1 Å². The predicted octanol–water partition coefficient (Wildman–Crippen LogP) is 6.21. The Balaban J connectivity index is 1.73. The lowest BCUT2D eigenvalue weighted by atomic mass is 10.00. The third kappa shape index (κ3) is 4.03. The lowest BCUT2D eigenvalue weighted by Gasteiger charge is -2.11. The van der Waals surface area contributed by atoms with Gasteiger partial charge in [0.05, 0.1) is 6.42 Å². The van der Waals surface area contributed by atoms with Crippen molar-refractivity contribution < 1.29 is 19.0 Å². The summed E-state index contributed by atoms with van der Waals surface area (Å²) in [5, 5.41) is 9.32. The number of carboxylic acid groups (broad SMARTS) is 1. The van der Waals surface area contributed by atoms with Crippen LogP contribution in [0.5, 0.6) is 5.75 Å². The van der Waals surface area contributed by atoms with Crippen LogP contribution < -0.4 is 4.74 Å². The van der Waals surface area contributed by atoms with Crippen molar-refractivity contribution >= 4 is 23.2 Å². The van der Waals surface area contributed by atoms with E-state index in [1.54, 1.807) is 6.07 Å². The second kappa shape index (κ2) is 8.37. The molecule has 150 valence electrons. The van der Waals surface area contributed by atoms with Gasteiger partial charge in [-0.1, -0.05) is 54.6 Å². The minimum absolute atomic E-state index is 0.147. The van der Waals surface area contributed by atoms with Crippen molar-refractivity contribution in [3.63, 3.8) is 0 Å². The smallest absolute Gasteiger partial charge is 0.307 e. The van der Waals surface area contributed by atoms with Crippen molar-refractivity contribution in [1.29, 1.82) is 0 Å². The van der Waals surface area contributed by atoms with Crippen LogP contribution in [0.25, 0.3) is 17.2 Å². The highest BCUT2D eigenvalue weighted by Gasteiger charge is 2.25. The summed E-state index contributed by atoms with van der Waals surface area (Å²) >= 11 is 0. The minimum atomic E-state index is -0.938. The largest absolute Gasteiger partial charge is 0.488 e. The molecule has 0 saturated heterocycles. The van der Waals surface area contributed by atoms with E-state index in [9.17, 15) is 14.3 Å². The van der Waals surface area contributed by atoms with Crippen molar-refractivity contribution in [3.8, 4) is 5.75 Å². The summed E-state index contributed by atoms with van der Waals surface area (Å²) in [6.45, 7) is 2.33. The fourth-order valence-corrected chi connectivity index (χ4v) is 3.75.